The van der Waals surface area contributed by atoms with E-state index < -0.39 is 0 Å². The minimum atomic E-state index is 0.511. The fourth-order valence-electron chi connectivity index (χ4n) is 1.07. The molecule has 2 aromatic rings. The molecule has 15 heavy (non-hydrogen) atoms. The molecule has 0 unspecified atom stereocenters. The van der Waals surface area contributed by atoms with E-state index in [1.807, 2.05) is 19.1 Å². The number of aromatic nitrogens is 2. The zero-order valence-corrected chi connectivity index (χ0v) is 9.68. The van der Waals surface area contributed by atoms with Gasteiger partial charge in [0, 0.05) is 5.75 Å². The van der Waals surface area contributed by atoms with Gasteiger partial charge in [0.05, 0.1) is 11.4 Å². The van der Waals surface area contributed by atoms with Gasteiger partial charge in [0.1, 0.15) is 11.4 Å². The second-order valence-electron chi connectivity index (χ2n) is 3.00. The Morgan fingerprint density at radius 1 is 1.40 bits per heavy atom. The minimum absolute atomic E-state index is 0.511. The van der Waals surface area contributed by atoms with Gasteiger partial charge in [-0.05, 0) is 19.1 Å². The van der Waals surface area contributed by atoms with Crippen LogP contribution in [0.2, 0.25) is 5.15 Å². The third-order valence-electron chi connectivity index (χ3n) is 1.71. The summed E-state index contributed by atoms with van der Waals surface area (Å²) in [6, 6.07) is 5.56. The van der Waals surface area contributed by atoms with Crippen molar-refractivity contribution in [2.75, 3.05) is 0 Å². The quantitative estimate of drug-likeness (QED) is 0.609. The molecule has 0 saturated carbocycles. The summed E-state index contributed by atoms with van der Waals surface area (Å²) in [5, 5.41) is 1.17. The Balaban J connectivity index is 1.99. The van der Waals surface area contributed by atoms with Gasteiger partial charge in [-0.15, -0.1) is 0 Å². The predicted octanol–water partition coefficient (Wildman–Crippen LogP) is 3.32. The highest BCUT2D eigenvalue weighted by molar-refractivity contribution is 7.98. The second kappa shape index (κ2) is 4.68. The second-order valence-corrected chi connectivity index (χ2v) is 4.31. The van der Waals surface area contributed by atoms with Crippen LogP contribution in [0.1, 0.15) is 11.4 Å². The van der Waals surface area contributed by atoms with E-state index >= 15 is 0 Å². The molecule has 2 heterocycles. The number of hydrogen-bond donors (Lipinski definition) is 0. The summed E-state index contributed by atoms with van der Waals surface area (Å²) in [4.78, 5) is 8.35. The van der Waals surface area contributed by atoms with Gasteiger partial charge in [0.15, 0.2) is 0 Å². The molecule has 0 saturated heterocycles. The smallest absolute Gasteiger partial charge is 0.256 e. The van der Waals surface area contributed by atoms with E-state index in [2.05, 4.69) is 9.97 Å². The molecule has 0 atom stereocenters. The maximum Gasteiger partial charge on any atom is 0.256 e. The average Bonchev–Trinajstić information content (AvgIpc) is 2.62. The van der Waals surface area contributed by atoms with E-state index in [1.54, 1.807) is 12.3 Å². The number of hydrogen-bond acceptors (Lipinski definition) is 4. The van der Waals surface area contributed by atoms with Crippen molar-refractivity contribution < 1.29 is 4.42 Å². The number of aryl methyl sites for hydroxylation is 1. The van der Waals surface area contributed by atoms with Crippen LogP contribution in [0.25, 0.3) is 0 Å². The molecule has 0 radical (unpaired) electrons. The van der Waals surface area contributed by atoms with E-state index in [1.165, 1.54) is 11.8 Å². The van der Waals surface area contributed by atoms with Crippen LogP contribution in [-0.2, 0) is 5.75 Å². The molecule has 2 rings (SSSR count). The van der Waals surface area contributed by atoms with E-state index in [-0.39, 0.29) is 0 Å². The first kappa shape index (κ1) is 10.5. The van der Waals surface area contributed by atoms with Crippen molar-refractivity contribution in [2.45, 2.75) is 17.9 Å². The first-order valence-corrected chi connectivity index (χ1v) is 5.77. The third kappa shape index (κ3) is 2.97. The van der Waals surface area contributed by atoms with Gasteiger partial charge < -0.3 is 4.42 Å². The fourth-order valence-corrected chi connectivity index (χ4v) is 2.00. The van der Waals surface area contributed by atoms with Crippen molar-refractivity contribution >= 4 is 23.4 Å². The number of rotatable bonds is 3. The van der Waals surface area contributed by atoms with Gasteiger partial charge >= 0.3 is 0 Å². The molecular weight excluding hydrogens is 232 g/mol. The predicted molar refractivity (Wildman–Crippen MR) is 60.0 cm³/mol. The lowest BCUT2D eigenvalue weighted by Crippen LogP contribution is -1.86. The van der Waals surface area contributed by atoms with Crippen LogP contribution in [0.3, 0.4) is 0 Å². The van der Waals surface area contributed by atoms with Crippen LogP contribution in [0.5, 0.6) is 0 Å². The summed E-state index contributed by atoms with van der Waals surface area (Å²) in [6.07, 6.45) is 1.63. The van der Waals surface area contributed by atoms with Gasteiger partial charge in [0.2, 0.25) is 0 Å². The Morgan fingerprint density at radius 3 is 2.93 bits per heavy atom. The lowest BCUT2D eigenvalue weighted by Gasteiger charge is -1.97. The van der Waals surface area contributed by atoms with Crippen molar-refractivity contribution in [1.82, 2.24) is 9.97 Å². The first-order valence-electron chi connectivity index (χ1n) is 4.40. The first-order chi connectivity index (χ1) is 7.24. The van der Waals surface area contributed by atoms with Crippen LogP contribution in [0, 0.1) is 6.92 Å². The van der Waals surface area contributed by atoms with E-state index in [0.29, 0.717) is 16.1 Å². The molecule has 3 nitrogen and oxygen atoms in total. The van der Waals surface area contributed by atoms with E-state index in [4.69, 9.17) is 16.0 Å². The van der Waals surface area contributed by atoms with Gasteiger partial charge in [-0.1, -0.05) is 29.4 Å². The summed E-state index contributed by atoms with van der Waals surface area (Å²) >= 11 is 7.28. The number of oxazole rings is 1. The normalized spacial score (nSPS) is 10.5. The SMILES string of the molecule is Cc1coc(SCc2cccc(Cl)n2)n1. The highest BCUT2D eigenvalue weighted by Crippen LogP contribution is 2.21. The number of thioether (sulfide) groups is 1. The summed E-state index contributed by atoms with van der Waals surface area (Å²) in [5.74, 6) is 0.709. The summed E-state index contributed by atoms with van der Waals surface area (Å²) < 4.78 is 5.21. The molecule has 5 heteroatoms. The van der Waals surface area contributed by atoms with Crippen molar-refractivity contribution in [1.29, 1.82) is 0 Å². The lowest BCUT2D eigenvalue weighted by molar-refractivity contribution is 0.454. The maximum absolute atomic E-state index is 5.77. The zero-order chi connectivity index (χ0) is 10.7. The van der Waals surface area contributed by atoms with Gasteiger partial charge in [-0.3, -0.25) is 0 Å². The summed E-state index contributed by atoms with van der Waals surface area (Å²) in [5.41, 5.74) is 1.81. The van der Waals surface area contributed by atoms with Crippen LogP contribution in [0.15, 0.2) is 34.1 Å². The fraction of sp³-hybridized carbons (Fsp3) is 0.200. The molecule has 0 aliphatic carbocycles. The van der Waals surface area contributed by atoms with E-state index in [0.717, 1.165) is 11.4 Å². The van der Waals surface area contributed by atoms with Crippen molar-refractivity contribution in [3.63, 3.8) is 0 Å². The highest BCUT2D eigenvalue weighted by atomic mass is 35.5. The topological polar surface area (TPSA) is 38.9 Å². The zero-order valence-electron chi connectivity index (χ0n) is 8.11. The number of nitrogens with zero attached hydrogens (tertiary/aromatic N) is 2. The Morgan fingerprint density at radius 2 is 2.27 bits per heavy atom. The minimum Gasteiger partial charge on any atom is -0.440 e. The van der Waals surface area contributed by atoms with Crippen LogP contribution < -0.4 is 0 Å². The molecule has 0 spiro atoms. The largest absolute Gasteiger partial charge is 0.440 e. The maximum atomic E-state index is 5.77. The molecular formula is C10H9ClN2OS. The molecule has 0 fully saturated rings. The van der Waals surface area contributed by atoms with Gasteiger partial charge in [-0.25, -0.2) is 9.97 Å². The lowest BCUT2D eigenvalue weighted by atomic mass is 10.4. The summed E-state index contributed by atoms with van der Waals surface area (Å²) in [6.45, 7) is 1.89. The van der Waals surface area contributed by atoms with Crippen LogP contribution >= 0.6 is 23.4 Å². The van der Waals surface area contributed by atoms with Gasteiger partial charge in [-0.2, -0.15) is 0 Å². The Bertz CT molecular complexity index is 458. The van der Waals surface area contributed by atoms with Crippen LogP contribution in [-0.4, -0.2) is 9.97 Å². The molecule has 2 aromatic heterocycles. The molecule has 0 bridgehead atoms. The summed E-state index contributed by atoms with van der Waals surface area (Å²) in [7, 11) is 0. The molecule has 0 N–H and O–H groups in total. The molecule has 78 valence electrons. The Labute approximate surface area is 96.9 Å². The van der Waals surface area contributed by atoms with Crippen molar-refractivity contribution in [3.8, 4) is 0 Å². The highest BCUT2D eigenvalue weighted by Gasteiger charge is 2.03. The van der Waals surface area contributed by atoms with Gasteiger partial charge in [0.25, 0.3) is 5.22 Å². The molecule has 0 amide bonds. The van der Waals surface area contributed by atoms with Crippen molar-refractivity contribution in [3.05, 3.63) is 41.0 Å². The number of pyridine rings is 1. The van der Waals surface area contributed by atoms with E-state index in [9.17, 15) is 0 Å². The molecule has 0 aliphatic heterocycles. The number of halogens is 1. The standard InChI is InChI=1S/C10H9ClN2OS/c1-7-5-14-10(12-7)15-6-8-3-2-4-9(11)13-8/h2-5H,6H2,1H3. The van der Waals surface area contributed by atoms with Crippen molar-refractivity contribution in [2.24, 2.45) is 0 Å². The monoisotopic (exact) mass is 240 g/mol. The molecule has 0 aromatic carbocycles. The third-order valence-corrected chi connectivity index (χ3v) is 2.80. The van der Waals surface area contributed by atoms with Crippen LogP contribution in [0.4, 0.5) is 0 Å². The Kier molecular flexibility index (Phi) is 3.28. The molecule has 0 aliphatic rings. The average molecular weight is 241 g/mol. The Hall–Kier alpha value is -1.00.